The van der Waals surface area contributed by atoms with Gasteiger partial charge in [-0.05, 0) is 56.9 Å². The fraction of sp³-hybridized carbons (Fsp3) is 1.00. The Labute approximate surface area is 124 Å². The van der Waals surface area contributed by atoms with E-state index in [2.05, 4.69) is 32.7 Å². The van der Waals surface area contributed by atoms with Crippen molar-refractivity contribution in [2.24, 2.45) is 11.3 Å². The normalized spacial score (nSPS) is 36.3. The Morgan fingerprint density at radius 1 is 1.15 bits per heavy atom. The van der Waals surface area contributed by atoms with Crippen molar-refractivity contribution in [3.63, 3.8) is 0 Å². The third-order valence-corrected chi connectivity index (χ3v) is 5.34. The van der Waals surface area contributed by atoms with E-state index in [1.54, 1.807) is 0 Å². The fourth-order valence-electron chi connectivity index (χ4n) is 3.80. The van der Waals surface area contributed by atoms with Gasteiger partial charge in [0.1, 0.15) is 0 Å². The van der Waals surface area contributed by atoms with Crippen LogP contribution in [0, 0.1) is 11.3 Å². The summed E-state index contributed by atoms with van der Waals surface area (Å²) in [6.07, 6.45) is 7.11. The molecule has 0 amide bonds. The smallest absolute Gasteiger partial charge is 0.0702 e. The Balaban J connectivity index is 1.90. The van der Waals surface area contributed by atoms with E-state index in [9.17, 15) is 5.11 Å². The van der Waals surface area contributed by atoms with E-state index in [0.717, 1.165) is 32.4 Å². The molecule has 20 heavy (non-hydrogen) atoms. The molecule has 0 aromatic heterocycles. The first kappa shape index (κ1) is 16.3. The molecule has 2 aliphatic rings. The van der Waals surface area contributed by atoms with Crippen LogP contribution in [0.4, 0.5) is 0 Å². The Kier molecular flexibility index (Phi) is 5.49. The van der Waals surface area contributed by atoms with E-state index in [4.69, 9.17) is 4.74 Å². The van der Waals surface area contributed by atoms with E-state index in [-0.39, 0.29) is 6.10 Å². The van der Waals surface area contributed by atoms with Crippen molar-refractivity contribution in [2.75, 3.05) is 20.2 Å². The number of rotatable bonds is 3. The van der Waals surface area contributed by atoms with Gasteiger partial charge in [0.25, 0.3) is 0 Å². The van der Waals surface area contributed by atoms with Crippen LogP contribution < -0.4 is 0 Å². The summed E-state index contributed by atoms with van der Waals surface area (Å²) >= 11 is 0. The second-order valence-corrected chi connectivity index (χ2v) is 7.94. The molecule has 3 nitrogen and oxygen atoms in total. The lowest BCUT2D eigenvalue weighted by atomic mass is 9.70. The number of aliphatic hydroxyl groups excluding tert-OH is 1. The van der Waals surface area contributed by atoms with E-state index in [0.29, 0.717) is 23.5 Å². The second-order valence-electron chi connectivity index (χ2n) is 7.94. The molecule has 0 bridgehead atoms. The zero-order valence-electron chi connectivity index (χ0n) is 13.8. The van der Waals surface area contributed by atoms with Crippen molar-refractivity contribution in [3.8, 4) is 0 Å². The molecule has 4 atom stereocenters. The number of hydrogen-bond donors (Lipinski definition) is 1. The van der Waals surface area contributed by atoms with Crippen LogP contribution in [-0.4, -0.2) is 48.5 Å². The Hall–Kier alpha value is -0.120. The summed E-state index contributed by atoms with van der Waals surface area (Å²) < 4.78 is 5.85. The number of aliphatic hydroxyl groups is 1. The van der Waals surface area contributed by atoms with Crippen LogP contribution in [0.3, 0.4) is 0 Å². The SMILES string of the molecule is CN(CC1CCCCO1)C1CC(C(C)(C)C)CCC1O. The molecule has 118 valence electrons. The molecular weight excluding hydrogens is 250 g/mol. The van der Waals surface area contributed by atoms with E-state index in [1.807, 2.05) is 0 Å². The molecular formula is C17H33NO2. The van der Waals surface area contributed by atoms with E-state index in [1.165, 1.54) is 19.3 Å². The first-order chi connectivity index (χ1) is 9.38. The number of nitrogens with zero attached hydrogens (tertiary/aromatic N) is 1. The number of hydrogen-bond acceptors (Lipinski definition) is 3. The van der Waals surface area contributed by atoms with Crippen molar-refractivity contribution in [2.45, 2.75) is 77.5 Å². The minimum atomic E-state index is -0.165. The lowest BCUT2D eigenvalue weighted by Gasteiger charge is -2.44. The lowest BCUT2D eigenvalue weighted by molar-refractivity contribution is -0.0459. The summed E-state index contributed by atoms with van der Waals surface area (Å²) in [7, 11) is 2.16. The van der Waals surface area contributed by atoms with Gasteiger partial charge in [-0.25, -0.2) is 0 Å². The van der Waals surface area contributed by atoms with Gasteiger partial charge < -0.3 is 9.84 Å². The highest BCUT2D eigenvalue weighted by molar-refractivity contribution is 4.90. The van der Waals surface area contributed by atoms with Crippen LogP contribution in [0.25, 0.3) is 0 Å². The van der Waals surface area contributed by atoms with Crippen LogP contribution in [-0.2, 0) is 4.74 Å². The molecule has 1 aliphatic heterocycles. The standard InChI is InChI=1S/C17H33NO2/c1-17(2,3)13-8-9-16(19)15(11-13)18(4)12-14-7-5-6-10-20-14/h13-16,19H,5-12H2,1-4H3. The lowest BCUT2D eigenvalue weighted by Crippen LogP contribution is -2.50. The fourth-order valence-corrected chi connectivity index (χ4v) is 3.80. The molecule has 0 spiro atoms. The van der Waals surface area contributed by atoms with E-state index < -0.39 is 0 Å². The molecule has 0 aromatic rings. The topological polar surface area (TPSA) is 32.7 Å². The zero-order valence-corrected chi connectivity index (χ0v) is 13.8. The minimum Gasteiger partial charge on any atom is -0.391 e. The minimum absolute atomic E-state index is 0.165. The van der Waals surface area contributed by atoms with Gasteiger partial charge in [-0.15, -0.1) is 0 Å². The van der Waals surface area contributed by atoms with Gasteiger partial charge in [-0.3, -0.25) is 4.90 Å². The van der Waals surface area contributed by atoms with Gasteiger partial charge in [0.05, 0.1) is 12.2 Å². The Morgan fingerprint density at radius 2 is 1.90 bits per heavy atom. The van der Waals surface area contributed by atoms with Crippen LogP contribution >= 0.6 is 0 Å². The Bertz CT molecular complexity index is 294. The van der Waals surface area contributed by atoms with Gasteiger partial charge in [0.2, 0.25) is 0 Å². The van der Waals surface area contributed by atoms with Gasteiger partial charge in [0.15, 0.2) is 0 Å². The van der Waals surface area contributed by atoms with Crippen LogP contribution in [0.2, 0.25) is 0 Å². The number of ether oxygens (including phenoxy) is 1. The second kappa shape index (κ2) is 6.76. The zero-order chi connectivity index (χ0) is 14.8. The quantitative estimate of drug-likeness (QED) is 0.864. The first-order valence-corrected chi connectivity index (χ1v) is 8.38. The highest BCUT2D eigenvalue weighted by Gasteiger charge is 2.37. The maximum Gasteiger partial charge on any atom is 0.0702 e. The van der Waals surface area contributed by atoms with Crippen LogP contribution in [0.1, 0.15) is 59.3 Å². The van der Waals surface area contributed by atoms with Gasteiger partial charge >= 0.3 is 0 Å². The van der Waals surface area contributed by atoms with E-state index >= 15 is 0 Å². The number of likely N-dealkylation sites (N-methyl/N-ethyl adjacent to an activating group) is 1. The average molecular weight is 283 g/mol. The van der Waals surface area contributed by atoms with Crippen LogP contribution in [0.5, 0.6) is 0 Å². The molecule has 1 N–H and O–H groups in total. The maximum absolute atomic E-state index is 10.4. The molecule has 1 aliphatic carbocycles. The summed E-state index contributed by atoms with van der Waals surface area (Å²) in [5.74, 6) is 0.714. The largest absolute Gasteiger partial charge is 0.391 e. The van der Waals surface area contributed by atoms with Crippen molar-refractivity contribution in [3.05, 3.63) is 0 Å². The highest BCUT2D eigenvalue weighted by atomic mass is 16.5. The predicted octanol–water partition coefficient (Wildman–Crippen LogP) is 3.06. The molecule has 2 fully saturated rings. The highest BCUT2D eigenvalue weighted by Crippen LogP contribution is 2.39. The third kappa shape index (κ3) is 4.19. The first-order valence-electron chi connectivity index (χ1n) is 8.38. The predicted molar refractivity (Wildman–Crippen MR) is 82.8 cm³/mol. The van der Waals surface area contributed by atoms with Crippen molar-refractivity contribution in [1.29, 1.82) is 0 Å². The van der Waals surface area contributed by atoms with Gasteiger partial charge in [0, 0.05) is 19.2 Å². The van der Waals surface area contributed by atoms with Crippen molar-refractivity contribution >= 4 is 0 Å². The molecule has 1 saturated carbocycles. The summed E-state index contributed by atoms with van der Waals surface area (Å²) in [5, 5.41) is 10.4. The van der Waals surface area contributed by atoms with Gasteiger partial charge in [-0.1, -0.05) is 20.8 Å². The summed E-state index contributed by atoms with van der Waals surface area (Å²) in [5.41, 5.74) is 0.348. The maximum atomic E-state index is 10.4. The molecule has 0 aromatic carbocycles. The molecule has 3 heteroatoms. The Morgan fingerprint density at radius 3 is 2.50 bits per heavy atom. The van der Waals surface area contributed by atoms with Crippen LogP contribution in [0.15, 0.2) is 0 Å². The summed E-state index contributed by atoms with van der Waals surface area (Å²) in [6, 6.07) is 0.304. The summed E-state index contributed by atoms with van der Waals surface area (Å²) in [6.45, 7) is 8.87. The van der Waals surface area contributed by atoms with Crippen molar-refractivity contribution in [1.82, 2.24) is 4.90 Å². The van der Waals surface area contributed by atoms with Crippen molar-refractivity contribution < 1.29 is 9.84 Å². The molecule has 2 rings (SSSR count). The summed E-state index contributed by atoms with van der Waals surface area (Å²) in [4.78, 5) is 2.36. The monoisotopic (exact) mass is 283 g/mol. The molecule has 1 heterocycles. The molecule has 0 radical (unpaired) electrons. The molecule has 4 unspecified atom stereocenters. The third-order valence-electron chi connectivity index (χ3n) is 5.34. The average Bonchev–Trinajstić information content (AvgIpc) is 2.39. The molecule has 1 saturated heterocycles. The van der Waals surface area contributed by atoms with Gasteiger partial charge in [-0.2, -0.15) is 0 Å².